The van der Waals surface area contributed by atoms with Gasteiger partial charge in [0.15, 0.2) is 5.96 Å². The van der Waals surface area contributed by atoms with Crippen molar-refractivity contribution in [3.8, 4) is 5.75 Å². The van der Waals surface area contributed by atoms with Gasteiger partial charge in [-0.15, -0.1) is 0 Å². The minimum absolute atomic E-state index is 0.00477. The number of aromatic nitrogens is 4. The number of para-hydroxylation sites is 2. The first-order chi connectivity index (χ1) is 46.9. The lowest BCUT2D eigenvalue weighted by Crippen LogP contribution is -2.61. The highest BCUT2D eigenvalue weighted by molar-refractivity contribution is 5.99. The molecular weight excluding hydrogens is 1260 g/mol. The van der Waals surface area contributed by atoms with Gasteiger partial charge >= 0.3 is 5.97 Å². The van der Waals surface area contributed by atoms with Crippen LogP contribution in [0, 0.1) is 11.8 Å². The number of benzene rings is 3. The van der Waals surface area contributed by atoms with Gasteiger partial charge in [0.05, 0.1) is 19.0 Å². The van der Waals surface area contributed by atoms with Gasteiger partial charge in [0.25, 0.3) is 0 Å². The number of H-pyrrole nitrogens is 3. The van der Waals surface area contributed by atoms with E-state index in [0.717, 1.165) is 16.5 Å². The molecule has 2 fully saturated rings. The number of phenols is 1. The van der Waals surface area contributed by atoms with Crippen molar-refractivity contribution in [2.75, 3.05) is 26.2 Å². The third-order valence-electron chi connectivity index (χ3n) is 17.5. The van der Waals surface area contributed by atoms with Crippen LogP contribution in [-0.2, 0) is 73.6 Å². The van der Waals surface area contributed by atoms with E-state index in [9.17, 15) is 63.3 Å². The van der Waals surface area contributed by atoms with Gasteiger partial charge in [0, 0.05) is 85.0 Å². The van der Waals surface area contributed by atoms with E-state index in [4.69, 9.17) is 17.2 Å². The van der Waals surface area contributed by atoms with Crippen molar-refractivity contribution < 1.29 is 63.3 Å². The second-order valence-corrected chi connectivity index (χ2v) is 25.9. The smallest absolute Gasteiger partial charge is 0.326 e. The molecule has 2 aliphatic rings. The monoisotopic (exact) mass is 1350 g/mol. The first-order valence-corrected chi connectivity index (χ1v) is 33.1. The lowest BCUT2D eigenvalue weighted by molar-refractivity contribution is -0.152. The Kier molecular flexibility index (Phi) is 25.9. The number of aliphatic carboxylic acids is 1. The zero-order valence-electron chi connectivity index (χ0n) is 55.4. The van der Waals surface area contributed by atoms with Crippen molar-refractivity contribution in [3.05, 3.63) is 120 Å². The average molecular weight is 1350 g/mol. The highest BCUT2D eigenvalue weighted by Gasteiger charge is 2.44. The molecule has 0 unspecified atom stereocenters. The molecule has 8 rings (SSSR count). The summed E-state index contributed by atoms with van der Waals surface area (Å²) in [6.07, 6.45) is 7.58. The van der Waals surface area contributed by atoms with Crippen molar-refractivity contribution in [3.63, 3.8) is 0 Å². The number of aromatic amines is 3. The van der Waals surface area contributed by atoms with Gasteiger partial charge in [0.1, 0.15) is 60.1 Å². The first kappa shape index (κ1) is 73.4. The minimum Gasteiger partial charge on any atom is -0.508 e. The number of nitrogens with zero attached hydrogens (tertiary/aromatic N) is 4. The van der Waals surface area contributed by atoms with Crippen molar-refractivity contribution in [2.45, 2.75) is 165 Å². The Balaban J connectivity index is 0.997. The molecule has 3 aromatic heterocycles. The predicted octanol–water partition coefficient (Wildman–Crippen LogP) is 0.274. The fourth-order valence-electron chi connectivity index (χ4n) is 12.5. The molecule has 10 atom stereocenters. The van der Waals surface area contributed by atoms with E-state index in [0.29, 0.717) is 40.6 Å². The van der Waals surface area contributed by atoms with Crippen LogP contribution in [0.15, 0.2) is 103 Å². The standard InChI is InChI=1S/C68H91N17O13/c1-37(2)26-50(59(89)77-49(16-9-23-73-68(70)71)65(95)84-24-10-17-56(84)66(96)85-25-11-18-57(85)67(97)98)79-60(90)51(27-38(3)4)80-61(91)52(28-39-19-21-43(87)22-20-39)81-64(94)55(35-86)83-62(92)53(30-41-33-75-48-15-8-6-13-45(41)48)82-63(93)54(31-42-34-72-36-76-42)78-58(88)46(69)29-40-32-74-47-14-7-5-12-44(40)47/h5-8,12-15,19-22,32-34,36-38,46,49-57,74-75,86-87H,9-11,16-18,23-31,35,69H2,1-4H3,(H,72,76)(H,77,89)(H,78,88)(H,79,90)(H,80,91)(H,81,94)(H,82,93)(H,83,92)(H,97,98)(H4,70,71,73)/t46-,49-,50-,51-,52-,53-,54-,55-,56-,57-/m0/s1. The molecule has 30 nitrogen and oxygen atoms in total. The number of carboxylic acids is 1. The van der Waals surface area contributed by atoms with Crippen LogP contribution in [0.25, 0.3) is 21.8 Å². The lowest BCUT2D eigenvalue weighted by atomic mass is 9.98. The van der Waals surface area contributed by atoms with Crippen LogP contribution in [0.5, 0.6) is 5.75 Å². The van der Waals surface area contributed by atoms with Gasteiger partial charge in [0.2, 0.25) is 53.2 Å². The second kappa shape index (κ2) is 34.5. The lowest BCUT2D eigenvalue weighted by Gasteiger charge is -2.33. The third kappa shape index (κ3) is 19.9. The summed E-state index contributed by atoms with van der Waals surface area (Å²) in [4.78, 5) is 163. The molecule has 0 aliphatic carbocycles. The average Bonchev–Trinajstić information content (AvgIpc) is 1.64. The molecule has 5 heterocycles. The summed E-state index contributed by atoms with van der Waals surface area (Å²) >= 11 is 0. The second-order valence-electron chi connectivity index (χ2n) is 25.9. The minimum atomic E-state index is -1.78. The highest BCUT2D eigenvalue weighted by atomic mass is 16.4. The maximum Gasteiger partial charge on any atom is 0.326 e. The number of aromatic hydroxyl groups is 1. The van der Waals surface area contributed by atoms with Crippen molar-refractivity contribution in [2.24, 2.45) is 34.0 Å². The Hall–Kier alpha value is -10.4. The maximum absolute atomic E-state index is 14.8. The Labute approximate surface area is 566 Å². The number of amides is 9. The number of hydrogen-bond donors (Lipinski definition) is 16. The van der Waals surface area contributed by atoms with E-state index >= 15 is 0 Å². The Bertz CT molecular complexity index is 3790. The summed E-state index contributed by atoms with van der Waals surface area (Å²) in [6, 6.07) is 7.26. The fourth-order valence-corrected chi connectivity index (χ4v) is 12.5. The number of imidazole rings is 1. The number of carbonyl (C=O) groups is 10. The van der Waals surface area contributed by atoms with Crippen LogP contribution in [0.2, 0.25) is 0 Å². The van der Waals surface area contributed by atoms with E-state index < -0.39 is 126 Å². The summed E-state index contributed by atoms with van der Waals surface area (Å²) in [5.41, 5.74) is 21.5. The van der Waals surface area contributed by atoms with Crippen LogP contribution >= 0.6 is 0 Å². The maximum atomic E-state index is 14.8. The molecule has 2 aliphatic heterocycles. The largest absolute Gasteiger partial charge is 0.508 e. The topological polar surface area (TPSA) is 473 Å². The summed E-state index contributed by atoms with van der Waals surface area (Å²) in [5, 5.41) is 51.6. The Morgan fingerprint density at radius 1 is 0.582 bits per heavy atom. The van der Waals surface area contributed by atoms with Gasteiger partial charge in [-0.3, -0.25) is 48.1 Å². The van der Waals surface area contributed by atoms with Crippen LogP contribution < -0.4 is 54.4 Å². The number of rotatable bonds is 34. The van der Waals surface area contributed by atoms with E-state index in [1.54, 1.807) is 32.3 Å². The number of aliphatic hydroxyl groups is 1. The first-order valence-electron chi connectivity index (χ1n) is 33.1. The summed E-state index contributed by atoms with van der Waals surface area (Å²) in [5.74, 6) is -8.97. The molecule has 0 spiro atoms. The van der Waals surface area contributed by atoms with Crippen molar-refractivity contribution >= 4 is 86.9 Å². The zero-order valence-corrected chi connectivity index (χ0v) is 55.4. The van der Waals surface area contributed by atoms with E-state index in [2.05, 4.69) is 62.1 Å². The quantitative estimate of drug-likeness (QED) is 0.0146. The molecule has 9 amide bonds. The molecule has 0 radical (unpaired) electrons. The van der Waals surface area contributed by atoms with Gasteiger partial charge in [-0.05, 0) is 111 Å². The summed E-state index contributed by atoms with van der Waals surface area (Å²) in [7, 11) is 0. The van der Waals surface area contributed by atoms with Crippen LogP contribution in [-0.4, -0.2) is 197 Å². The van der Waals surface area contributed by atoms with Crippen molar-refractivity contribution in [1.82, 2.24) is 67.0 Å². The molecule has 0 bridgehead atoms. The highest BCUT2D eigenvalue weighted by Crippen LogP contribution is 2.27. The fraction of sp³-hybridized carbons (Fsp3) is 0.471. The molecular formula is C68H91N17O13. The van der Waals surface area contributed by atoms with E-state index in [1.165, 1.54) is 46.6 Å². The Morgan fingerprint density at radius 2 is 1.06 bits per heavy atom. The number of aliphatic hydroxyl groups excluding tert-OH is 1. The van der Waals surface area contributed by atoms with Gasteiger partial charge in [-0.2, -0.15) is 0 Å². The van der Waals surface area contributed by atoms with Crippen molar-refractivity contribution in [1.29, 1.82) is 0 Å². The van der Waals surface area contributed by atoms with Crippen LogP contribution in [0.3, 0.4) is 0 Å². The van der Waals surface area contributed by atoms with Gasteiger partial charge < -0.3 is 94.5 Å². The number of likely N-dealkylation sites (tertiary alicyclic amines) is 2. The normalized spacial score (nSPS) is 17.0. The summed E-state index contributed by atoms with van der Waals surface area (Å²) in [6.45, 7) is 6.65. The molecule has 526 valence electrons. The Morgan fingerprint density at radius 3 is 1.60 bits per heavy atom. The predicted molar refractivity (Wildman–Crippen MR) is 363 cm³/mol. The number of aliphatic imine (C=N–C) groups is 1. The number of hydrogen-bond acceptors (Lipinski definition) is 15. The molecule has 0 saturated carbocycles. The third-order valence-corrected chi connectivity index (χ3v) is 17.5. The van der Waals surface area contributed by atoms with Crippen LogP contribution in [0.1, 0.15) is 101 Å². The number of fused-ring (bicyclic) bond motifs is 2. The van der Waals surface area contributed by atoms with E-state index in [1.807, 2.05) is 56.3 Å². The van der Waals surface area contributed by atoms with Gasteiger partial charge in [-0.25, -0.2) is 9.78 Å². The number of guanidine groups is 1. The van der Waals surface area contributed by atoms with Crippen LogP contribution in [0.4, 0.5) is 0 Å². The number of nitrogens with one attached hydrogen (secondary N) is 10. The number of carboxylic acid groups (broad SMARTS) is 1. The molecule has 30 heteroatoms. The molecule has 2 saturated heterocycles. The number of phenolic OH excluding ortho intramolecular Hbond substituents is 1. The zero-order chi connectivity index (χ0) is 70.7. The molecule has 3 aromatic carbocycles. The molecule has 6 aromatic rings. The summed E-state index contributed by atoms with van der Waals surface area (Å²) < 4.78 is 0. The molecule has 19 N–H and O–H groups in total. The number of nitrogens with two attached hydrogens (primary N) is 3. The SMILES string of the molecule is CC(C)C[C@H](NC(=O)[C@H](Cc1ccc(O)cc1)NC(=O)[C@H](CO)NC(=O)[C@H](Cc1c[nH]c2ccccc12)NC(=O)[C@H](Cc1cnc[nH]1)NC(=O)[C@@H](N)Cc1c[nH]c2ccccc12)C(=O)N[C@@H](CC(C)C)C(=O)N[C@@H](CCCN=C(N)N)C(=O)N1CCC[C@H]1C(=O)N1CCC[C@H]1C(=O)O. The van der Waals surface area contributed by atoms with E-state index in [-0.39, 0.29) is 107 Å². The van der Waals surface area contributed by atoms with Gasteiger partial charge in [-0.1, -0.05) is 76.2 Å². The number of carbonyl (C=O) groups excluding carboxylic acids is 9. The molecule has 98 heavy (non-hydrogen) atoms.